The molecule has 0 radical (unpaired) electrons. The summed E-state index contributed by atoms with van der Waals surface area (Å²) in [6.45, 7) is 6.98. The zero-order valence-electron chi connectivity index (χ0n) is 10.1. The van der Waals surface area contributed by atoms with Crippen LogP contribution < -0.4 is 11.1 Å². The summed E-state index contributed by atoms with van der Waals surface area (Å²) in [7, 11) is 0. The van der Waals surface area contributed by atoms with Gasteiger partial charge in [0.2, 0.25) is 0 Å². The Bertz CT molecular complexity index is 341. The van der Waals surface area contributed by atoms with Crippen LogP contribution in [0.1, 0.15) is 24.5 Å². The van der Waals surface area contributed by atoms with Gasteiger partial charge >= 0.3 is 0 Å². The van der Waals surface area contributed by atoms with Gasteiger partial charge in [0.05, 0.1) is 0 Å². The van der Waals surface area contributed by atoms with Gasteiger partial charge in [-0.15, -0.1) is 24.0 Å². The largest absolute Gasteiger partial charge is 0.370 e. The number of aryl methyl sites for hydroxylation is 2. The zero-order chi connectivity index (χ0) is 11.3. The van der Waals surface area contributed by atoms with E-state index in [1.165, 1.54) is 11.1 Å². The molecular formula is C12H20IN3. The first-order valence-electron chi connectivity index (χ1n) is 5.27. The third-order valence-electron chi connectivity index (χ3n) is 2.00. The summed E-state index contributed by atoms with van der Waals surface area (Å²) in [6.07, 6.45) is 1.01. The van der Waals surface area contributed by atoms with Crippen LogP contribution in [-0.2, 0) is 0 Å². The fraction of sp³-hybridized carbons (Fsp3) is 0.417. The summed E-state index contributed by atoms with van der Waals surface area (Å²) in [4.78, 5) is 4.18. The molecule has 0 amide bonds. The molecule has 1 rings (SSSR count). The van der Waals surface area contributed by atoms with Crippen molar-refractivity contribution in [1.82, 2.24) is 0 Å². The molecule has 0 aromatic heterocycles. The number of nitrogens with zero attached hydrogens (tertiary/aromatic N) is 1. The molecule has 0 aliphatic heterocycles. The number of benzene rings is 1. The number of rotatable bonds is 3. The number of anilines is 1. The van der Waals surface area contributed by atoms with Crippen molar-refractivity contribution in [2.75, 3.05) is 11.9 Å². The Labute approximate surface area is 115 Å². The number of aliphatic imine (C=N–C) groups is 1. The predicted molar refractivity (Wildman–Crippen MR) is 81.7 cm³/mol. The van der Waals surface area contributed by atoms with Gasteiger partial charge in [-0.2, -0.15) is 0 Å². The number of nitrogens with one attached hydrogen (secondary N) is 1. The molecule has 0 heterocycles. The van der Waals surface area contributed by atoms with E-state index >= 15 is 0 Å². The van der Waals surface area contributed by atoms with E-state index in [4.69, 9.17) is 5.73 Å². The van der Waals surface area contributed by atoms with Crippen molar-refractivity contribution >= 4 is 35.6 Å². The standard InChI is InChI=1S/C12H19N3.HI/c1-4-5-14-12(13)15-11-7-9(2)6-10(3)8-11;/h6-8H,4-5H2,1-3H3,(H3,13,14,15);1H. The van der Waals surface area contributed by atoms with Gasteiger partial charge in [0.1, 0.15) is 0 Å². The minimum absolute atomic E-state index is 0. The lowest BCUT2D eigenvalue weighted by molar-refractivity contribution is 0.929. The molecule has 3 N–H and O–H groups in total. The smallest absolute Gasteiger partial charge is 0.193 e. The second kappa shape index (κ2) is 7.49. The quantitative estimate of drug-likeness (QED) is 0.507. The van der Waals surface area contributed by atoms with Crippen molar-refractivity contribution in [3.8, 4) is 0 Å². The highest BCUT2D eigenvalue weighted by atomic mass is 127. The second-order valence-electron chi connectivity index (χ2n) is 3.77. The number of hydrogen-bond acceptors (Lipinski definition) is 1. The Hall–Kier alpha value is -0.780. The maximum Gasteiger partial charge on any atom is 0.193 e. The fourth-order valence-corrected chi connectivity index (χ4v) is 1.47. The molecule has 0 unspecified atom stereocenters. The van der Waals surface area contributed by atoms with Crippen LogP contribution in [0.5, 0.6) is 0 Å². The van der Waals surface area contributed by atoms with Crippen molar-refractivity contribution in [1.29, 1.82) is 0 Å². The van der Waals surface area contributed by atoms with Crippen molar-refractivity contribution in [2.24, 2.45) is 10.7 Å². The van der Waals surface area contributed by atoms with Gasteiger partial charge in [0, 0.05) is 12.2 Å². The molecule has 0 spiro atoms. The van der Waals surface area contributed by atoms with Gasteiger partial charge in [-0.3, -0.25) is 4.99 Å². The Kier molecular flexibility index (Phi) is 7.12. The Morgan fingerprint density at radius 2 is 1.81 bits per heavy atom. The third kappa shape index (κ3) is 5.34. The van der Waals surface area contributed by atoms with Crippen LogP contribution in [0.3, 0.4) is 0 Å². The SMILES string of the molecule is CCCN=C(N)Nc1cc(C)cc(C)c1.I. The summed E-state index contributed by atoms with van der Waals surface area (Å²) < 4.78 is 0. The normalized spacial score (nSPS) is 10.8. The van der Waals surface area contributed by atoms with E-state index in [0.29, 0.717) is 5.96 Å². The maximum atomic E-state index is 5.73. The van der Waals surface area contributed by atoms with Crippen LogP contribution in [0.2, 0.25) is 0 Å². The average Bonchev–Trinajstić information content (AvgIpc) is 2.13. The molecule has 0 bridgehead atoms. The van der Waals surface area contributed by atoms with E-state index in [-0.39, 0.29) is 24.0 Å². The van der Waals surface area contributed by atoms with E-state index in [9.17, 15) is 0 Å². The molecule has 0 aliphatic carbocycles. The first kappa shape index (κ1) is 15.2. The number of nitrogens with two attached hydrogens (primary N) is 1. The molecule has 1 aromatic carbocycles. The average molecular weight is 333 g/mol. The zero-order valence-corrected chi connectivity index (χ0v) is 12.4. The topological polar surface area (TPSA) is 50.4 Å². The number of halogens is 1. The fourth-order valence-electron chi connectivity index (χ4n) is 1.47. The number of hydrogen-bond donors (Lipinski definition) is 2. The van der Waals surface area contributed by atoms with Crippen LogP contribution in [0.15, 0.2) is 23.2 Å². The van der Waals surface area contributed by atoms with E-state index < -0.39 is 0 Å². The van der Waals surface area contributed by atoms with Gasteiger partial charge in [0.25, 0.3) is 0 Å². The molecule has 1 aromatic rings. The molecule has 0 atom stereocenters. The molecule has 0 fully saturated rings. The lowest BCUT2D eigenvalue weighted by Crippen LogP contribution is -2.22. The lowest BCUT2D eigenvalue weighted by atomic mass is 10.1. The third-order valence-corrected chi connectivity index (χ3v) is 2.00. The van der Waals surface area contributed by atoms with E-state index in [2.05, 4.69) is 49.3 Å². The second-order valence-corrected chi connectivity index (χ2v) is 3.77. The van der Waals surface area contributed by atoms with E-state index in [1.54, 1.807) is 0 Å². The summed E-state index contributed by atoms with van der Waals surface area (Å²) in [5.74, 6) is 0.488. The Morgan fingerprint density at radius 3 is 2.31 bits per heavy atom. The lowest BCUT2D eigenvalue weighted by Gasteiger charge is -2.07. The van der Waals surface area contributed by atoms with E-state index in [1.807, 2.05) is 0 Å². The predicted octanol–water partition coefficient (Wildman–Crippen LogP) is 3.06. The van der Waals surface area contributed by atoms with Gasteiger partial charge in [0.15, 0.2) is 5.96 Å². The van der Waals surface area contributed by atoms with Crippen LogP contribution in [0.4, 0.5) is 5.69 Å². The minimum atomic E-state index is 0. The van der Waals surface area contributed by atoms with Crippen molar-refractivity contribution in [3.05, 3.63) is 29.3 Å². The molecule has 90 valence electrons. The molecule has 3 nitrogen and oxygen atoms in total. The van der Waals surface area contributed by atoms with Gasteiger partial charge in [-0.25, -0.2) is 0 Å². The monoisotopic (exact) mass is 333 g/mol. The van der Waals surface area contributed by atoms with Crippen LogP contribution in [0, 0.1) is 13.8 Å². The summed E-state index contributed by atoms with van der Waals surface area (Å²) in [6, 6.07) is 6.24. The molecule has 4 heteroatoms. The molecule has 0 aliphatic rings. The van der Waals surface area contributed by atoms with Gasteiger partial charge in [-0.05, 0) is 43.5 Å². The molecular weight excluding hydrogens is 313 g/mol. The Morgan fingerprint density at radius 1 is 1.25 bits per heavy atom. The minimum Gasteiger partial charge on any atom is -0.370 e. The van der Waals surface area contributed by atoms with Crippen molar-refractivity contribution < 1.29 is 0 Å². The van der Waals surface area contributed by atoms with Crippen LogP contribution in [0.25, 0.3) is 0 Å². The highest BCUT2D eigenvalue weighted by Gasteiger charge is 1.96. The first-order chi connectivity index (χ1) is 7.11. The summed E-state index contributed by atoms with van der Waals surface area (Å²) in [5, 5.41) is 3.09. The molecule has 16 heavy (non-hydrogen) atoms. The van der Waals surface area contributed by atoms with Crippen molar-refractivity contribution in [3.63, 3.8) is 0 Å². The maximum absolute atomic E-state index is 5.73. The van der Waals surface area contributed by atoms with Gasteiger partial charge < -0.3 is 11.1 Å². The van der Waals surface area contributed by atoms with Gasteiger partial charge in [-0.1, -0.05) is 13.0 Å². The molecule has 0 saturated heterocycles. The highest BCUT2D eigenvalue weighted by Crippen LogP contribution is 2.13. The highest BCUT2D eigenvalue weighted by molar-refractivity contribution is 14.0. The van der Waals surface area contributed by atoms with Crippen LogP contribution >= 0.6 is 24.0 Å². The first-order valence-corrected chi connectivity index (χ1v) is 5.27. The van der Waals surface area contributed by atoms with Crippen LogP contribution in [-0.4, -0.2) is 12.5 Å². The van der Waals surface area contributed by atoms with E-state index in [0.717, 1.165) is 18.7 Å². The molecule has 0 saturated carbocycles. The summed E-state index contributed by atoms with van der Waals surface area (Å²) in [5.41, 5.74) is 9.18. The Balaban J connectivity index is 0.00000225. The summed E-state index contributed by atoms with van der Waals surface area (Å²) >= 11 is 0. The number of guanidine groups is 1. The van der Waals surface area contributed by atoms with Crippen molar-refractivity contribution in [2.45, 2.75) is 27.2 Å².